The van der Waals surface area contributed by atoms with Crippen LogP contribution in [0.4, 0.5) is 8.78 Å². The lowest BCUT2D eigenvalue weighted by molar-refractivity contribution is 0.0814. The van der Waals surface area contributed by atoms with Crippen LogP contribution >= 0.6 is 22.6 Å². The molecule has 5 nitrogen and oxygen atoms in total. The summed E-state index contributed by atoms with van der Waals surface area (Å²) in [6.07, 6.45) is 1.60. The van der Waals surface area contributed by atoms with Crippen LogP contribution in [-0.2, 0) is 18.0 Å². The highest BCUT2D eigenvalue weighted by Gasteiger charge is 2.18. The van der Waals surface area contributed by atoms with E-state index in [1.54, 1.807) is 24.0 Å². The van der Waals surface area contributed by atoms with Gasteiger partial charge < -0.3 is 10.1 Å². The Morgan fingerprint density at radius 3 is 2.48 bits per heavy atom. The van der Waals surface area contributed by atoms with E-state index in [4.69, 9.17) is 4.74 Å². The Hall–Kier alpha value is -1.43. The fourth-order valence-corrected chi connectivity index (χ4v) is 4.42. The first-order chi connectivity index (χ1) is 13.7. The third-order valence-corrected chi connectivity index (χ3v) is 7.04. The van der Waals surface area contributed by atoms with E-state index in [9.17, 15) is 8.78 Å². The molecule has 0 fully saturated rings. The summed E-state index contributed by atoms with van der Waals surface area (Å²) < 4.78 is 37.4. The number of hydrogen-bond acceptors (Lipinski definition) is 4. The maximum Gasteiger partial charge on any atom is 0.140 e. The van der Waals surface area contributed by atoms with Gasteiger partial charge in [-0.3, -0.25) is 4.98 Å². The van der Waals surface area contributed by atoms with Crippen molar-refractivity contribution in [1.82, 2.24) is 20.1 Å². The summed E-state index contributed by atoms with van der Waals surface area (Å²) in [6.45, 7) is 8.32. The maximum absolute atomic E-state index is 14.6. The van der Waals surface area contributed by atoms with Crippen molar-refractivity contribution in [1.29, 1.82) is 0 Å². The molecule has 0 bridgehead atoms. The number of nitrogens with zero attached hydrogens (tertiary/aromatic N) is 3. The Balaban J connectivity index is 1.87. The second kappa shape index (κ2) is 9.15. The first-order valence-corrected chi connectivity index (χ1v) is 14.2. The molecule has 0 spiro atoms. The number of pyridine rings is 1. The molecule has 3 rings (SSSR count). The van der Waals surface area contributed by atoms with Crippen LogP contribution in [0.3, 0.4) is 0 Å². The number of nitrogens with one attached hydrogen (secondary N) is 1. The Morgan fingerprint density at radius 1 is 1.17 bits per heavy atom. The van der Waals surface area contributed by atoms with Crippen molar-refractivity contribution in [3.8, 4) is 11.3 Å². The lowest BCUT2D eigenvalue weighted by atomic mass is 10.1. The molecule has 0 aliphatic heterocycles. The molecular formula is C20H25F2IN4OSi. The van der Waals surface area contributed by atoms with Gasteiger partial charge in [0, 0.05) is 26.6 Å². The minimum Gasteiger partial charge on any atom is -0.360 e. The first-order valence-electron chi connectivity index (χ1n) is 9.42. The predicted molar refractivity (Wildman–Crippen MR) is 122 cm³/mol. The molecule has 2 aromatic heterocycles. The molecule has 2 heterocycles. The summed E-state index contributed by atoms with van der Waals surface area (Å²) >= 11 is 2.12. The molecule has 0 radical (unpaired) electrons. The molecule has 9 heteroatoms. The minimum atomic E-state index is -1.15. The fourth-order valence-electron chi connectivity index (χ4n) is 2.97. The molecule has 156 valence electrons. The van der Waals surface area contributed by atoms with Crippen molar-refractivity contribution in [2.24, 2.45) is 0 Å². The number of aromatic nitrogens is 3. The predicted octanol–water partition coefficient (Wildman–Crippen LogP) is 5.01. The average Bonchev–Trinajstić information content (AvgIpc) is 2.93. The zero-order valence-electron chi connectivity index (χ0n) is 17.0. The van der Waals surface area contributed by atoms with Crippen molar-refractivity contribution in [3.05, 3.63) is 45.3 Å². The lowest BCUT2D eigenvalue weighted by Gasteiger charge is -2.15. The largest absolute Gasteiger partial charge is 0.360 e. The Kier molecular flexibility index (Phi) is 7.02. The van der Waals surface area contributed by atoms with Gasteiger partial charge >= 0.3 is 0 Å². The lowest BCUT2D eigenvalue weighted by Crippen LogP contribution is -2.22. The molecular weight excluding hydrogens is 505 g/mol. The number of benzene rings is 1. The topological polar surface area (TPSA) is 52.0 Å². The number of halogens is 3. The van der Waals surface area contributed by atoms with Crippen LogP contribution in [-0.4, -0.2) is 36.5 Å². The summed E-state index contributed by atoms with van der Waals surface area (Å²) in [5.74, 6) is -1.25. The average molecular weight is 530 g/mol. The van der Waals surface area contributed by atoms with Gasteiger partial charge in [0.25, 0.3) is 0 Å². The third-order valence-electron chi connectivity index (χ3n) is 4.54. The number of rotatable bonds is 8. The molecule has 0 amide bonds. The summed E-state index contributed by atoms with van der Waals surface area (Å²) in [7, 11) is 0.577. The molecule has 0 aliphatic carbocycles. The second-order valence-corrected chi connectivity index (χ2v) is 14.8. The highest BCUT2D eigenvalue weighted by molar-refractivity contribution is 14.1. The standard InChI is InChI=1S/C20H25F2IN4OSi/c1-24-10-13-7-15(21)19(16(22)8-13)17-9-14-18(11-25-17)27(26-20(14)23)12-28-5-6-29(2,3)4/h7-9,11,24H,5-6,10,12H2,1-4H3. The molecule has 1 N–H and O–H groups in total. The Morgan fingerprint density at radius 2 is 1.86 bits per heavy atom. The van der Waals surface area contributed by atoms with Crippen molar-refractivity contribution < 1.29 is 13.5 Å². The SMILES string of the molecule is CNCc1cc(F)c(-c2cc3c(I)nn(COCC[Si](C)(C)C)c3cn2)c(F)c1. The van der Waals surface area contributed by atoms with Gasteiger partial charge in [0.05, 0.1) is 23.0 Å². The third kappa shape index (κ3) is 5.38. The van der Waals surface area contributed by atoms with Crippen LogP contribution < -0.4 is 5.32 Å². The zero-order chi connectivity index (χ0) is 21.2. The van der Waals surface area contributed by atoms with Gasteiger partial charge in [0.1, 0.15) is 22.1 Å². The van der Waals surface area contributed by atoms with Gasteiger partial charge in [-0.2, -0.15) is 5.10 Å². The van der Waals surface area contributed by atoms with Crippen molar-refractivity contribution in [3.63, 3.8) is 0 Å². The molecule has 0 atom stereocenters. The quantitative estimate of drug-likeness (QED) is 0.253. The van der Waals surface area contributed by atoms with Crippen LogP contribution in [0, 0.1) is 15.3 Å². The summed E-state index contributed by atoms with van der Waals surface area (Å²) in [4.78, 5) is 4.31. The summed E-state index contributed by atoms with van der Waals surface area (Å²) in [5.41, 5.74) is 1.45. The van der Waals surface area contributed by atoms with Crippen molar-refractivity contribution in [2.45, 2.75) is 39.0 Å². The molecule has 0 saturated heterocycles. The molecule has 3 aromatic rings. The number of fused-ring (bicyclic) bond motifs is 1. The van der Waals surface area contributed by atoms with Gasteiger partial charge in [-0.05, 0) is 59.4 Å². The highest BCUT2D eigenvalue weighted by atomic mass is 127. The van der Waals surface area contributed by atoms with Crippen LogP contribution in [0.2, 0.25) is 25.7 Å². The monoisotopic (exact) mass is 530 g/mol. The van der Waals surface area contributed by atoms with E-state index < -0.39 is 19.7 Å². The summed E-state index contributed by atoms with van der Waals surface area (Å²) in [6, 6.07) is 5.43. The normalized spacial score (nSPS) is 12.1. The molecule has 0 saturated carbocycles. The Labute approximate surface area is 184 Å². The van der Waals surface area contributed by atoms with Gasteiger partial charge in [0.15, 0.2) is 0 Å². The second-order valence-electron chi connectivity index (χ2n) is 8.19. The molecule has 29 heavy (non-hydrogen) atoms. The van der Waals surface area contributed by atoms with Crippen LogP contribution in [0.15, 0.2) is 24.4 Å². The molecule has 0 aliphatic rings. The fraction of sp³-hybridized carbons (Fsp3) is 0.400. The van der Waals surface area contributed by atoms with Gasteiger partial charge in [-0.15, -0.1) is 0 Å². The maximum atomic E-state index is 14.6. The molecule has 1 aromatic carbocycles. The first kappa shape index (κ1) is 22.3. The van der Waals surface area contributed by atoms with Crippen LogP contribution in [0.5, 0.6) is 0 Å². The van der Waals surface area contributed by atoms with E-state index in [2.05, 4.69) is 57.6 Å². The Bertz CT molecular complexity index is 997. The van der Waals surface area contributed by atoms with E-state index in [-0.39, 0.29) is 11.3 Å². The van der Waals surface area contributed by atoms with E-state index in [1.165, 1.54) is 12.1 Å². The van der Waals surface area contributed by atoms with E-state index in [1.807, 2.05) is 0 Å². The van der Waals surface area contributed by atoms with E-state index in [0.717, 1.165) is 20.6 Å². The minimum absolute atomic E-state index is 0.123. The van der Waals surface area contributed by atoms with Gasteiger partial charge in [-0.1, -0.05) is 19.6 Å². The van der Waals surface area contributed by atoms with Gasteiger partial charge in [0.2, 0.25) is 0 Å². The van der Waals surface area contributed by atoms with E-state index in [0.29, 0.717) is 25.4 Å². The smallest absolute Gasteiger partial charge is 0.140 e. The number of ether oxygens (including phenoxy) is 1. The van der Waals surface area contributed by atoms with Gasteiger partial charge in [-0.25, -0.2) is 13.5 Å². The zero-order valence-corrected chi connectivity index (χ0v) is 20.2. The van der Waals surface area contributed by atoms with E-state index >= 15 is 0 Å². The van der Waals surface area contributed by atoms with Crippen molar-refractivity contribution in [2.75, 3.05) is 13.7 Å². The van der Waals surface area contributed by atoms with Crippen LogP contribution in [0.25, 0.3) is 22.2 Å². The summed E-state index contributed by atoms with van der Waals surface area (Å²) in [5, 5.41) is 8.18. The van der Waals surface area contributed by atoms with Crippen molar-refractivity contribution >= 4 is 41.6 Å². The molecule has 0 unspecified atom stereocenters. The van der Waals surface area contributed by atoms with Crippen LogP contribution in [0.1, 0.15) is 5.56 Å². The number of hydrogen-bond donors (Lipinski definition) is 1. The highest BCUT2D eigenvalue weighted by Crippen LogP contribution is 2.29.